The fourth-order valence-corrected chi connectivity index (χ4v) is 3.85. The number of pyridine rings is 1. The average Bonchev–Trinajstić information content (AvgIpc) is 3.31. The van der Waals surface area contributed by atoms with Crippen LogP contribution in [0.2, 0.25) is 0 Å². The molecule has 3 fully saturated rings. The van der Waals surface area contributed by atoms with Crippen LogP contribution in [0, 0.1) is 17.8 Å². The van der Waals surface area contributed by atoms with Crippen LogP contribution >= 0.6 is 0 Å². The molecular formula is C20H25F6N3O4. The predicted octanol–water partition coefficient (Wildman–Crippen LogP) is 3.12. The summed E-state index contributed by atoms with van der Waals surface area (Å²) in [4.78, 5) is 27.6. The van der Waals surface area contributed by atoms with Gasteiger partial charge < -0.3 is 15.1 Å². The van der Waals surface area contributed by atoms with Crippen molar-refractivity contribution in [2.45, 2.75) is 31.7 Å². The van der Waals surface area contributed by atoms with Crippen molar-refractivity contribution in [2.75, 3.05) is 32.7 Å². The molecule has 0 amide bonds. The van der Waals surface area contributed by atoms with E-state index in [4.69, 9.17) is 19.8 Å². The summed E-state index contributed by atoms with van der Waals surface area (Å²) < 4.78 is 63.5. The monoisotopic (exact) mass is 485 g/mol. The standard InChI is InChI=1S/C16H23N3.2C2HF3O2/c1-2-6-17-16(3-1)12-19-10-14-8-18(7-13-4-5-13)9-15(14)11-19;2*3-2(4,5)1(6)7/h1-3,6,13-15H,4-5,7-12H2;2*(H,6,7)/t14-,15+;;. The van der Waals surface area contributed by atoms with Crippen molar-refractivity contribution in [2.24, 2.45) is 17.8 Å². The molecule has 2 saturated heterocycles. The van der Waals surface area contributed by atoms with Gasteiger partial charge in [0.2, 0.25) is 0 Å². The molecule has 7 nitrogen and oxygen atoms in total. The molecule has 0 spiro atoms. The number of rotatable bonds is 4. The zero-order chi connectivity index (χ0) is 24.8. The first kappa shape index (κ1) is 26.8. The summed E-state index contributed by atoms with van der Waals surface area (Å²) in [7, 11) is 0. The number of nitrogens with zero attached hydrogens (tertiary/aromatic N) is 3. The quantitative estimate of drug-likeness (QED) is 0.633. The maximum atomic E-state index is 10.6. The highest BCUT2D eigenvalue weighted by Gasteiger charge is 2.41. The SMILES string of the molecule is O=C(O)C(F)(F)F.O=C(O)C(F)(F)F.c1ccc(CN2C[C@@H]3CN(CC4CC4)C[C@@H]3C2)nc1. The Balaban J connectivity index is 0.000000230. The van der Waals surface area contributed by atoms with Gasteiger partial charge in [-0.2, -0.15) is 26.3 Å². The number of halogens is 6. The second-order valence-electron chi connectivity index (χ2n) is 8.30. The molecule has 4 rings (SSSR count). The van der Waals surface area contributed by atoms with Gasteiger partial charge in [0, 0.05) is 45.5 Å². The molecule has 186 valence electrons. The van der Waals surface area contributed by atoms with Crippen molar-refractivity contribution < 1.29 is 46.1 Å². The lowest BCUT2D eigenvalue weighted by Gasteiger charge is -2.20. The number of aromatic nitrogens is 1. The molecule has 2 N–H and O–H groups in total. The van der Waals surface area contributed by atoms with Crippen LogP contribution in [0.15, 0.2) is 24.4 Å². The second-order valence-corrected chi connectivity index (χ2v) is 8.30. The van der Waals surface area contributed by atoms with E-state index in [1.807, 2.05) is 12.3 Å². The van der Waals surface area contributed by atoms with Gasteiger partial charge in [-0.15, -0.1) is 0 Å². The molecule has 0 unspecified atom stereocenters. The Kier molecular flexibility index (Phi) is 9.06. The first-order valence-corrected chi connectivity index (χ1v) is 10.2. The molecular weight excluding hydrogens is 460 g/mol. The number of carbonyl (C=O) groups is 2. The maximum Gasteiger partial charge on any atom is 0.490 e. The Morgan fingerprint density at radius 2 is 1.33 bits per heavy atom. The lowest BCUT2D eigenvalue weighted by Crippen LogP contribution is -2.30. The van der Waals surface area contributed by atoms with Crippen LogP contribution < -0.4 is 0 Å². The molecule has 0 aromatic carbocycles. The Bertz CT molecular complexity index is 748. The molecule has 2 aliphatic heterocycles. The molecule has 3 aliphatic rings. The third kappa shape index (κ3) is 9.54. The third-order valence-electron chi connectivity index (χ3n) is 5.45. The highest BCUT2D eigenvalue weighted by atomic mass is 19.4. The second kappa shape index (κ2) is 11.1. The van der Waals surface area contributed by atoms with Crippen molar-refractivity contribution in [3.8, 4) is 0 Å². The molecule has 0 bridgehead atoms. The minimum absolute atomic E-state index is 0.919. The zero-order valence-electron chi connectivity index (χ0n) is 17.5. The van der Waals surface area contributed by atoms with Crippen molar-refractivity contribution in [1.29, 1.82) is 0 Å². The Hall–Kier alpha value is -2.41. The predicted molar refractivity (Wildman–Crippen MR) is 103 cm³/mol. The summed E-state index contributed by atoms with van der Waals surface area (Å²) in [6.45, 7) is 7.67. The van der Waals surface area contributed by atoms with Crippen LogP contribution in [0.3, 0.4) is 0 Å². The van der Waals surface area contributed by atoms with Crippen LogP contribution in [0.1, 0.15) is 18.5 Å². The largest absolute Gasteiger partial charge is 0.490 e. The van der Waals surface area contributed by atoms with E-state index < -0.39 is 24.3 Å². The summed E-state index contributed by atoms with van der Waals surface area (Å²) in [6.07, 6.45) is -5.29. The van der Waals surface area contributed by atoms with Crippen molar-refractivity contribution in [3.63, 3.8) is 0 Å². The molecule has 13 heteroatoms. The van der Waals surface area contributed by atoms with E-state index in [0.717, 1.165) is 24.3 Å². The van der Waals surface area contributed by atoms with Gasteiger partial charge in [0.25, 0.3) is 0 Å². The summed E-state index contributed by atoms with van der Waals surface area (Å²) >= 11 is 0. The first-order chi connectivity index (χ1) is 15.3. The number of likely N-dealkylation sites (tertiary alicyclic amines) is 2. The number of hydrogen-bond acceptors (Lipinski definition) is 5. The van der Waals surface area contributed by atoms with Gasteiger partial charge in [0.1, 0.15) is 0 Å². The molecule has 1 aliphatic carbocycles. The Labute approximate surface area is 186 Å². The van der Waals surface area contributed by atoms with Crippen molar-refractivity contribution in [3.05, 3.63) is 30.1 Å². The molecule has 1 aromatic rings. The van der Waals surface area contributed by atoms with Gasteiger partial charge >= 0.3 is 24.3 Å². The van der Waals surface area contributed by atoms with Gasteiger partial charge in [-0.3, -0.25) is 9.88 Å². The van der Waals surface area contributed by atoms with Crippen LogP contribution in [-0.4, -0.2) is 82.0 Å². The minimum Gasteiger partial charge on any atom is -0.475 e. The Morgan fingerprint density at radius 3 is 1.70 bits per heavy atom. The summed E-state index contributed by atoms with van der Waals surface area (Å²) in [6, 6.07) is 6.24. The molecule has 33 heavy (non-hydrogen) atoms. The number of alkyl halides is 6. The van der Waals surface area contributed by atoms with E-state index in [9.17, 15) is 26.3 Å². The highest BCUT2D eigenvalue weighted by molar-refractivity contribution is 5.73. The van der Waals surface area contributed by atoms with Crippen LogP contribution in [0.25, 0.3) is 0 Å². The van der Waals surface area contributed by atoms with Gasteiger partial charge in [0.05, 0.1) is 5.69 Å². The normalized spacial score (nSPS) is 23.1. The van der Waals surface area contributed by atoms with Crippen LogP contribution in [-0.2, 0) is 16.1 Å². The lowest BCUT2D eigenvalue weighted by atomic mass is 10.0. The average molecular weight is 485 g/mol. The first-order valence-electron chi connectivity index (χ1n) is 10.2. The van der Waals surface area contributed by atoms with E-state index in [0.29, 0.717) is 0 Å². The van der Waals surface area contributed by atoms with Gasteiger partial charge in [-0.1, -0.05) is 6.07 Å². The smallest absolute Gasteiger partial charge is 0.475 e. The highest BCUT2D eigenvalue weighted by Crippen LogP contribution is 2.36. The number of aliphatic carboxylic acids is 2. The van der Waals surface area contributed by atoms with E-state index in [2.05, 4.69) is 26.9 Å². The van der Waals surface area contributed by atoms with E-state index in [-0.39, 0.29) is 0 Å². The van der Waals surface area contributed by atoms with E-state index in [1.165, 1.54) is 51.3 Å². The summed E-state index contributed by atoms with van der Waals surface area (Å²) in [5.41, 5.74) is 1.22. The van der Waals surface area contributed by atoms with Crippen molar-refractivity contribution in [1.82, 2.24) is 14.8 Å². The molecule has 2 atom stereocenters. The molecule has 0 radical (unpaired) electrons. The maximum absolute atomic E-state index is 10.6. The number of carboxylic acid groups (broad SMARTS) is 2. The van der Waals surface area contributed by atoms with E-state index in [1.54, 1.807) is 0 Å². The topological polar surface area (TPSA) is 94.0 Å². The minimum atomic E-state index is -5.08. The van der Waals surface area contributed by atoms with Crippen molar-refractivity contribution >= 4 is 11.9 Å². The number of fused-ring (bicyclic) bond motifs is 1. The molecule has 1 saturated carbocycles. The zero-order valence-corrected chi connectivity index (χ0v) is 17.5. The van der Waals surface area contributed by atoms with Crippen LogP contribution in [0.4, 0.5) is 26.3 Å². The third-order valence-corrected chi connectivity index (χ3v) is 5.45. The van der Waals surface area contributed by atoms with Crippen LogP contribution in [0.5, 0.6) is 0 Å². The lowest BCUT2D eigenvalue weighted by molar-refractivity contribution is -0.193. The Morgan fingerprint density at radius 1 is 0.879 bits per heavy atom. The number of hydrogen-bond donors (Lipinski definition) is 2. The van der Waals surface area contributed by atoms with Gasteiger partial charge in [0.15, 0.2) is 0 Å². The molecule has 3 heterocycles. The summed E-state index contributed by atoms with van der Waals surface area (Å²) in [5.74, 6) is -2.63. The fourth-order valence-electron chi connectivity index (χ4n) is 3.85. The number of carboxylic acids is 2. The van der Waals surface area contributed by atoms with Gasteiger partial charge in [-0.25, -0.2) is 9.59 Å². The molecule has 1 aromatic heterocycles. The van der Waals surface area contributed by atoms with E-state index >= 15 is 0 Å². The van der Waals surface area contributed by atoms with Gasteiger partial charge in [-0.05, 0) is 42.7 Å². The summed E-state index contributed by atoms with van der Waals surface area (Å²) in [5, 5.41) is 14.2. The fraction of sp³-hybridized carbons (Fsp3) is 0.650.